The molecule has 1 saturated carbocycles. The van der Waals surface area contributed by atoms with Gasteiger partial charge in [0.2, 0.25) is 0 Å². The van der Waals surface area contributed by atoms with Crippen molar-refractivity contribution < 1.29 is 4.79 Å². The van der Waals surface area contributed by atoms with Crippen molar-refractivity contribution in [3.8, 4) is 0 Å². The topological polar surface area (TPSA) is 20.3 Å². The number of hydrogen-bond donors (Lipinski definition) is 0. The third-order valence-electron chi connectivity index (χ3n) is 2.68. The number of Topliss-reactive ketones (excluding diaryl/α,β-unsaturated/α-hetero) is 1. The molecular weight excluding hydrogens is 157 g/mol. The number of rotatable bonds is 0. The van der Waals surface area contributed by atoms with Crippen molar-refractivity contribution in [3.05, 3.63) is 0 Å². The first-order valence-corrected chi connectivity index (χ1v) is 4.77. The molecule has 0 aromatic carbocycles. The van der Waals surface area contributed by atoms with Crippen LogP contribution in [0.3, 0.4) is 0 Å². The van der Waals surface area contributed by atoms with Gasteiger partial charge in [-0.15, -0.1) is 0 Å². The summed E-state index contributed by atoms with van der Waals surface area (Å²) in [6.07, 6.45) is 2.96. The molecule has 0 amide bonds. The third-order valence-corrected chi connectivity index (χ3v) is 3.11. The van der Waals surface area contributed by atoms with Gasteiger partial charge in [-0.3, -0.25) is 9.46 Å². The normalized spacial score (nSPS) is 39.2. The molecule has 0 aromatic rings. The Labute approximate surface area is 69.6 Å². The molecule has 0 radical (unpaired) electrons. The maximum absolute atomic E-state index is 11.2. The molecule has 11 heavy (non-hydrogen) atoms. The predicted molar refractivity (Wildman–Crippen MR) is 47.1 cm³/mol. The number of fused-ring (bicyclic) bond motifs is 2. The highest BCUT2D eigenvalue weighted by atomic mass is 31.0. The van der Waals surface area contributed by atoms with Gasteiger partial charge in [0.15, 0.2) is 0 Å². The molecule has 2 fully saturated rings. The Morgan fingerprint density at radius 3 is 2.36 bits per heavy atom. The van der Waals surface area contributed by atoms with E-state index in [2.05, 4.69) is 14.1 Å². The number of hydrogen-bond acceptors (Lipinski definition) is 2. The first kappa shape index (κ1) is 7.70. The number of nitrogens with zero attached hydrogens (tertiary/aromatic N) is 1. The van der Waals surface area contributed by atoms with Crippen molar-refractivity contribution >= 4 is 15.2 Å². The van der Waals surface area contributed by atoms with Gasteiger partial charge in [0.25, 0.3) is 0 Å². The van der Waals surface area contributed by atoms with E-state index in [0.717, 1.165) is 25.9 Å². The maximum Gasteiger partial charge on any atom is 0.133 e. The molecule has 1 aliphatic heterocycles. The molecule has 0 aromatic heterocycles. The minimum atomic E-state index is 0.490. The molecular formula is C8H14NOP. The van der Waals surface area contributed by atoms with Crippen LogP contribution in [0.2, 0.25) is 0 Å². The van der Waals surface area contributed by atoms with Crippen LogP contribution in [0, 0.1) is 11.8 Å². The number of carbonyl (C=O) groups excluding carboxylic acids is 1. The molecule has 1 aliphatic carbocycles. The average Bonchev–Trinajstić information content (AvgIpc) is 1.82. The summed E-state index contributed by atoms with van der Waals surface area (Å²) < 4.78 is 2.28. The smallest absolute Gasteiger partial charge is 0.133 e. The summed E-state index contributed by atoms with van der Waals surface area (Å²) in [5.74, 6) is 1.81. The molecule has 0 spiro atoms. The Morgan fingerprint density at radius 1 is 1.27 bits per heavy atom. The zero-order valence-corrected chi connectivity index (χ0v) is 7.78. The van der Waals surface area contributed by atoms with Crippen LogP contribution in [-0.2, 0) is 4.79 Å². The molecule has 3 atom stereocenters. The fourth-order valence-electron chi connectivity index (χ4n) is 2.38. The van der Waals surface area contributed by atoms with E-state index in [9.17, 15) is 4.79 Å². The number of piperidine rings is 1. The first-order valence-electron chi connectivity index (χ1n) is 4.25. The predicted octanol–water partition coefficient (Wildman–Crippen LogP) is 1.08. The van der Waals surface area contributed by atoms with Crippen LogP contribution in [0.1, 0.15) is 19.3 Å². The zero-order valence-electron chi connectivity index (χ0n) is 6.62. The summed E-state index contributed by atoms with van der Waals surface area (Å²) in [7, 11) is 2.75. The van der Waals surface area contributed by atoms with Gasteiger partial charge in [-0.1, -0.05) is 9.39 Å². The minimum absolute atomic E-state index is 0.490. The highest BCUT2D eigenvalue weighted by Crippen LogP contribution is 2.33. The second-order valence-electron chi connectivity index (χ2n) is 3.87. The van der Waals surface area contributed by atoms with E-state index in [1.807, 2.05) is 0 Å². The van der Waals surface area contributed by atoms with Crippen LogP contribution >= 0.6 is 9.39 Å². The lowest BCUT2D eigenvalue weighted by Gasteiger charge is -2.38. The van der Waals surface area contributed by atoms with Crippen LogP contribution in [0.15, 0.2) is 0 Å². The molecule has 2 aliphatic rings. The average molecular weight is 171 g/mol. The van der Waals surface area contributed by atoms with E-state index in [4.69, 9.17) is 0 Å². The van der Waals surface area contributed by atoms with Crippen molar-refractivity contribution in [3.63, 3.8) is 0 Å². The van der Waals surface area contributed by atoms with Gasteiger partial charge in [-0.2, -0.15) is 0 Å². The van der Waals surface area contributed by atoms with E-state index < -0.39 is 0 Å². The minimum Gasteiger partial charge on any atom is -0.300 e. The summed E-state index contributed by atoms with van der Waals surface area (Å²) in [6.45, 7) is 2.21. The van der Waals surface area contributed by atoms with Gasteiger partial charge >= 0.3 is 0 Å². The zero-order chi connectivity index (χ0) is 7.84. The molecule has 2 bridgehead atoms. The standard InChI is InChI=1S/C8H14NOP/c10-8-2-6-1-7(3-8)5-9(11)4-6/h6-7H,1-5,11H2. The Kier molecular flexibility index (Phi) is 1.98. The third kappa shape index (κ3) is 1.62. The van der Waals surface area contributed by atoms with E-state index in [0.29, 0.717) is 17.6 Å². The Bertz CT molecular complexity index is 163. The van der Waals surface area contributed by atoms with E-state index in [-0.39, 0.29) is 0 Å². The molecule has 62 valence electrons. The Morgan fingerprint density at radius 2 is 1.82 bits per heavy atom. The van der Waals surface area contributed by atoms with Crippen molar-refractivity contribution in [1.82, 2.24) is 4.67 Å². The van der Waals surface area contributed by atoms with Crippen molar-refractivity contribution in [2.75, 3.05) is 13.1 Å². The largest absolute Gasteiger partial charge is 0.300 e. The van der Waals surface area contributed by atoms with Crippen LogP contribution in [0.5, 0.6) is 0 Å². The van der Waals surface area contributed by atoms with Gasteiger partial charge in [-0.25, -0.2) is 0 Å². The maximum atomic E-state index is 11.2. The quantitative estimate of drug-likeness (QED) is 0.508. The Hall–Kier alpha value is 0.0600. The highest BCUT2D eigenvalue weighted by Gasteiger charge is 2.32. The lowest BCUT2D eigenvalue weighted by Crippen LogP contribution is -2.40. The summed E-state index contributed by atoms with van der Waals surface area (Å²) in [5, 5.41) is 0. The van der Waals surface area contributed by atoms with Crippen LogP contribution in [0.25, 0.3) is 0 Å². The molecule has 1 saturated heterocycles. The lowest BCUT2D eigenvalue weighted by atomic mass is 9.78. The van der Waals surface area contributed by atoms with Gasteiger partial charge in [0.1, 0.15) is 5.78 Å². The lowest BCUT2D eigenvalue weighted by molar-refractivity contribution is -0.124. The van der Waals surface area contributed by atoms with Crippen molar-refractivity contribution in [1.29, 1.82) is 0 Å². The van der Waals surface area contributed by atoms with Gasteiger partial charge in [0.05, 0.1) is 0 Å². The van der Waals surface area contributed by atoms with Crippen LogP contribution in [-0.4, -0.2) is 23.5 Å². The number of carbonyl (C=O) groups is 1. The molecule has 3 unspecified atom stereocenters. The highest BCUT2D eigenvalue weighted by molar-refractivity contribution is 7.13. The first-order chi connectivity index (χ1) is 5.24. The summed E-state index contributed by atoms with van der Waals surface area (Å²) in [4.78, 5) is 11.2. The SMILES string of the molecule is O=C1CC2CC(C1)CN(P)C2. The summed E-state index contributed by atoms with van der Waals surface area (Å²) in [5.41, 5.74) is 0. The molecule has 2 rings (SSSR count). The van der Waals surface area contributed by atoms with E-state index >= 15 is 0 Å². The molecule has 2 nitrogen and oxygen atoms in total. The van der Waals surface area contributed by atoms with E-state index in [1.165, 1.54) is 6.42 Å². The fourth-order valence-corrected chi connectivity index (χ4v) is 2.98. The Balaban J connectivity index is 2.05. The van der Waals surface area contributed by atoms with Gasteiger partial charge in [-0.05, 0) is 18.3 Å². The van der Waals surface area contributed by atoms with Crippen molar-refractivity contribution in [2.24, 2.45) is 11.8 Å². The van der Waals surface area contributed by atoms with E-state index in [1.54, 1.807) is 0 Å². The second-order valence-corrected chi connectivity index (χ2v) is 4.60. The molecule has 1 heterocycles. The fraction of sp³-hybridized carbons (Fsp3) is 0.875. The monoisotopic (exact) mass is 171 g/mol. The second kappa shape index (κ2) is 2.84. The van der Waals surface area contributed by atoms with Crippen LogP contribution < -0.4 is 0 Å². The van der Waals surface area contributed by atoms with Crippen LogP contribution in [0.4, 0.5) is 0 Å². The number of ketones is 1. The van der Waals surface area contributed by atoms with Crippen molar-refractivity contribution in [2.45, 2.75) is 19.3 Å². The molecule has 3 heteroatoms. The summed E-state index contributed by atoms with van der Waals surface area (Å²) >= 11 is 0. The summed E-state index contributed by atoms with van der Waals surface area (Å²) in [6, 6.07) is 0. The van der Waals surface area contributed by atoms with Gasteiger partial charge < -0.3 is 0 Å². The van der Waals surface area contributed by atoms with Gasteiger partial charge in [0, 0.05) is 25.9 Å². The molecule has 0 N–H and O–H groups in total.